The SMILES string of the molecule is CCOC(=O)C1CCN(C(=O)CNc2cccc(C(=O)NCCCOC)c2)CC1. The molecule has 0 aliphatic carbocycles. The molecule has 8 heteroatoms. The Kier molecular flexibility index (Phi) is 9.43. The first-order valence-corrected chi connectivity index (χ1v) is 10.1. The van der Waals surface area contributed by atoms with Crippen molar-refractivity contribution in [3.8, 4) is 0 Å². The Morgan fingerprint density at radius 2 is 1.97 bits per heavy atom. The number of ether oxygens (including phenoxy) is 2. The zero-order chi connectivity index (χ0) is 21.1. The van der Waals surface area contributed by atoms with Gasteiger partial charge in [-0.3, -0.25) is 14.4 Å². The maximum absolute atomic E-state index is 12.5. The molecule has 1 aromatic rings. The average Bonchev–Trinajstić information content (AvgIpc) is 2.75. The summed E-state index contributed by atoms with van der Waals surface area (Å²) in [7, 11) is 1.63. The van der Waals surface area contributed by atoms with Crippen LogP contribution in [0.2, 0.25) is 0 Å². The minimum absolute atomic E-state index is 0.0262. The molecular formula is C21H31N3O5. The van der Waals surface area contributed by atoms with E-state index in [1.165, 1.54) is 0 Å². The Morgan fingerprint density at radius 1 is 1.21 bits per heavy atom. The molecule has 29 heavy (non-hydrogen) atoms. The highest BCUT2D eigenvalue weighted by Crippen LogP contribution is 2.19. The zero-order valence-corrected chi connectivity index (χ0v) is 17.2. The monoisotopic (exact) mass is 405 g/mol. The van der Waals surface area contributed by atoms with Crippen LogP contribution in [0.4, 0.5) is 5.69 Å². The molecule has 2 rings (SSSR count). The van der Waals surface area contributed by atoms with Crippen molar-refractivity contribution in [2.75, 3.05) is 51.8 Å². The minimum atomic E-state index is -0.171. The predicted molar refractivity (Wildman–Crippen MR) is 110 cm³/mol. The van der Waals surface area contributed by atoms with Gasteiger partial charge in [0.25, 0.3) is 5.91 Å². The van der Waals surface area contributed by atoms with Crippen LogP contribution in [0.15, 0.2) is 24.3 Å². The highest BCUT2D eigenvalue weighted by molar-refractivity contribution is 5.95. The van der Waals surface area contributed by atoms with Crippen LogP contribution in [-0.4, -0.2) is 69.2 Å². The number of piperidine rings is 1. The van der Waals surface area contributed by atoms with Crippen LogP contribution < -0.4 is 10.6 Å². The molecule has 0 bridgehead atoms. The van der Waals surface area contributed by atoms with Gasteiger partial charge in [0, 0.05) is 44.6 Å². The first kappa shape index (κ1) is 22.7. The van der Waals surface area contributed by atoms with Crippen molar-refractivity contribution in [2.24, 2.45) is 5.92 Å². The molecule has 8 nitrogen and oxygen atoms in total. The summed E-state index contributed by atoms with van der Waals surface area (Å²) in [6.07, 6.45) is 2.01. The molecule has 1 aliphatic heterocycles. The number of likely N-dealkylation sites (tertiary alicyclic amines) is 1. The van der Waals surface area contributed by atoms with E-state index in [0.717, 1.165) is 6.42 Å². The molecule has 0 atom stereocenters. The first-order valence-electron chi connectivity index (χ1n) is 10.1. The quantitative estimate of drug-likeness (QED) is 0.454. The van der Waals surface area contributed by atoms with Crippen molar-refractivity contribution < 1.29 is 23.9 Å². The smallest absolute Gasteiger partial charge is 0.309 e. The third-order valence-corrected chi connectivity index (χ3v) is 4.85. The first-order chi connectivity index (χ1) is 14.0. The molecule has 1 heterocycles. The van der Waals surface area contributed by atoms with E-state index in [2.05, 4.69) is 10.6 Å². The number of carbonyl (C=O) groups excluding carboxylic acids is 3. The van der Waals surface area contributed by atoms with Crippen LogP contribution in [0.1, 0.15) is 36.5 Å². The number of hydrogen-bond acceptors (Lipinski definition) is 6. The van der Waals surface area contributed by atoms with E-state index < -0.39 is 0 Å². The lowest BCUT2D eigenvalue weighted by atomic mass is 9.97. The van der Waals surface area contributed by atoms with Crippen molar-refractivity contribution in [1.29, 1.82) is 0 Å². The molecule has 1 saturated heterocycles. The van der Waals surface area contributed by atoms with Crippen LogP contribution in [0.5, 0.6) is 0 Å². The van der Waals surface area contributed by atoms with Gasteiger partial charge in [0.1, 0.15) is 0 Å². The lowest BCUT2D eigenvalue weighted by Crippen LogP contribution is -2.43. The number of benzene rings is 1. The summed E-state index contributed by atoms with van der Waals surface area (Å²) in [5.74, 6) is -0.472. The fraction of sp³-hybridized carbons (Fsp3) is 0.571. The Hall–Kier alpha value is -2.61. The third-order valence-electron chi connectivity index (χ3n) is 4.85. The van der Waals surface area contributed by atoms with Crippen molar-refractivity contribution >= 4 is 23.5 Å². The lowest BCUT2D eigenvalue weighted by Gasteiger charge is -2.31. The van der Waals surface area contributed by atoms with Gasteiger partial charge < -0.3 is 25.0 Å². The number of hydrogen-bond donors (Lipinski definition) is 2. The van der Waals surface area contributed by atoms with Crippen LogP contribution in [0, 0.1) is 5.92 Å². The van der Waals surface area contributed by atoms with Crippen molar-refractivity contribution in [2.45, 2.75) is 26.2 Å². The maximum Gasteiger partial charge on any atom is 0.309 e. The highest BCUT2D eigenvalue weighted by atomic mass is 16.5. The number of amides is 2. The van der Waals surface area contributed by atoms with E-state index in [-0.39, 0.29) is 30.2 Å². The van der Waals surface area contributed by atoms with E-state index in [0.29, 0.717) is 56.9 Å². The minimum Gasteiger partial charge on any atom is -0.466 e. The molecule has 0 saturated carbocycles. The van der Waals surface area contributed by atoms with Gasteiger partial charge in [-0.15, -0.1) is 0 Å². The van der Waals surface area contributed by atoms with E-state index in [4.69, 9.17) is 9.47 Å². The summed E-state index contributed by atoms with van der Waals surface area (Å²) in [6.45, 7) is 4.56. The van der Waals surface area contributed by atoms with Crippen molar-refractivity contribution in [3.05, 3.63) is 29.8 Å². The largest absolute Gasteiger partial charge is 0.466 e. The molecule has 0 radical (unpaired) electrons. The summed E-state index contributed by atoms with van der Waals surface area (Å²) < 4.78 is 10.0. The Balaban J connectivity index is 1.77. The fourth-order valence-electron chi connectivity index (χ4n) is 3.21. The van der Waals surface area contributed by atoms with Crippen LogP contribution in [0.3, 0.4) is 0 Å². The summed E-state index contributed by atoms with van der Waals surface area (Å²) >= 11 is 0. The van der Waals surface area contributed by atoms with Crippen LogP contribution >= 0.6 is 0 Å². The van der Waals surface area contributed by atoms with Crippen molar-refractivity contribution in [3.63, 3.8) is 0 Å². The van der Waals surface area contributed by atoms with Crippen LogP contribution in [-0.2, 0) is 19.1 Å². The molecule has 0 aromatic heterocycles. The normalized spacial score (nSPS) is 14.3. The highest BCUT2D eigenvalue weighted by Gasteiger charge is 2.27. The van der Waals surface area contributed by atoms with Gasteiger partial charge in [0.05, 0.1) is 19.1 Å². The maximum atomic E-state index is 12.5. The Bertz CT molecular complexity index is 687. The summed E-state index contributed by atoms with van der Waals surface area (Å²) in [5.41, 5.74) is 1.25. The predicted octanol–water partition coefficient (Wildman–Crippen LogP) is 1.67. The van der Waals surface area contributed by atoms with E-state index in [1.54, 1.807) is 37.1 Å². The lowest BCUT2D eigenvalue weighted by molar-refractivity contribution is -0.151. The molecule has 1 aromatic carbocycles. The van der Waals surface area contributed by atoms with E-state index in [1.807, 2.05) is 6.07 Å². The standard InChI is InChI=1S/C21H31N3O5/c1-3-29-21(27)16-8-11-24(12-9-16)19(25)15-23-18-7-4-6-17(14-18)20(26)22-10-5-13-28-2/h4,6-7,14,16,23H,3,5,8-13,15H2,1-2H3,(H,22,26). The van der Waals surface area contributed by atoms with Gasteiger partial charge in [-0.25, -0.2) is 0 Å². The number of esters is 1. The van der Waals surface area contributed by atoms with Gasteiger partial charge >= 0.3 is 5.97 Å². The van der Waals surface area contributed by atoms with Gasteiger partial charge in [-0.1, -0.05) is 6.07 Å². The molecule has 0 spiro atoms. The van der Waals surface area contributed by atoms with Crippen molar-refractivity contribution in [1.82, 2.24) is 10.2 Å². The number of methoxy groups -OCH3 is 1. The summed E-state index contributed by atoms with van der Waals surface area (Å²) in [6, 6.07) is 7.06. The molecule has 0 unspecified atom stereocenters. The Labute approximate surface area is 171 Å². The third kappa shape index (κ3) is 7.38. The second-order valence-corrected chi connectivity index (χ2v) is 6.94. The van der Waals surface area contributed by atoms with E-state index >= 15 is 0 Å². The van der Waals surface area contributed by atoms with E-state index in [9.17, 15) is 14.4 Å². The number of rotatable bonds is 10. The average molecular weight is 405 g/mol. The van der Waals surface area contributed by atoms with Gasteiger partial charge in [-0.05, 0) is 44.4 Å². The number of anilines is 1. The molecule has 160 valence electrons. The zero-order valence-electron chi connectivity index (χ0n) is 17.2. The van der Waals surface area contributed by atoms with Crippen LogP contribution in [0.25, 0.3) is 0 Å². The number of nitrogens with one attached hydrogen (secondary N) is 2. The summed E-state index contributed by atoms with van der Waals surface area (Å²) in [4.78, 5) is 38.2. The molecule has 1 aliphatic rings. The molecule has 2 amide bonds. The molecule has 2 N–H and O–H groups in total. The van der Waals surface area contributed by atoms with Gasteiger partial charge in [0.2, 0.25) is 5.91 Å². The molecular weight excluding hydrogens is 374 g/mol. The number of nitrogens with zero attached hydrogens (tertiary/aromatic N) is 1. The Morgan fingerprint density at radius 3 is 2.66 bits per heavy atom. The summed E-state index contributed by atoms with van der Waals surface area (Å²) in [5, 5.41) is 5.92. The second kappa shape index (κ2) is 12.1. The van der Waals surface area contributed by atoms with Gasteiger partial charge in [0.15, 0.2) is 0 Å². The topological polar surface area (TPSA) is 97.0 Å². The van der Waals surface area contributed by atoms with Gasteiger partial charge in [-0.2, -0.15) is 0 Å². The molecule has 1 fully saturated rings. The number of carbonyl (C=O) groups is 3. The fourth-order valence-corrected chi connectivity index (χ4v) is 3.21. The second-order valence-electron chi connectivity index (χ2n) is 6.94.